The molecule has 5 aliphatic rings. The molecule has 2 heterocycles. The summed E-state index contributed by atoms with van der Waals surface area (Å²) in [5.41, 5.74) is 10.4. The van der Waals surface area contributed by atoms with Gasteiger partial charge in [0.25, 0.3) is 0 Å². The van der Waals surface area contributed by atoms with Crippen molar-refractivity contribution in [2.24, 2.45) is 10.9 Å². The normalized spacial score (nSPS) is 24.2. The number of amidine groups is 1. The van der Waals surface area contributed by atoms with Crippen LogP contribution in [0.1, 0.15) is 60.5 Å². The smallest absolute Gasteiger partial charge is 0.109 e. The predicted octanol–water partition coefficient (Wildman–Crippen LogP) is 9.31. The molecule has 0 spiro atoms. The van der Waals surface area contributed by atoms with Gasteiger partial charge < -0.3 is 9.88 Å². The molecule has 1 aromatic heterocycles. The summed E-state index contributed by atoms with van der Waals surface area (Å²) >= 11 is 0. The largest absolute Gasteiger partial charge is 0.343 e. The molecule has 1 N–H and O–H groups in total. The highest BCUT2D eigenvalue weighted by atomic mass is 15.1. The summed E-state index contributed by atoms with van der Waals surface area (Å²) in [5.74, 6) is 1.34. The minimum Gasteiger partial charge on any atom is -0.343 e. The van der Waals surface area contributed by atoms with E-state index < -0.39 is 0 Å². The molecule has 0 radical (unpaired) electrons. The SMILES string of the molecule is C1=CCC(C2=NC(C3=CCCC=C3)C=C(c3cccc(C4=CCC(n5c6c(c7ccccc75)C=CCC6)C=C4)c3)N2)C=C1. The Balaban J connectivity index is 1.08. The van der Waals surface area contributed by atoms with Gasteiger partial charge in [0.2, 0.25) is 0 Å². The number of allylic oxidation sites excluding steroid dienone is 10. The Morgan fingerprint density at radius 1 is 0.791 bits per heavy atom. The summed E-state index contributed by atoms with van der Waals surface area (Å²) in [6, 6.07) is 18.3. The van der Waals surface area contributed by atoms with E-state index in [2.05, 4.69) is 137 Å². The number of fused-ring (bicyclic) bond motifs is 3. The van der Waals surface area contributed by atoms with Gasteiger partial charge in [-0.1, -0.05) is 109 Å². The van der Waals surface area contributed by atoms with E-state index in [0.29, 0.717) is 6.04 Å². The minimum absolute atomic E-state index is 0.0393. The first-order valence-electron chi connectivity index (χ1n) is 15.9. The van der Waals surface area contributed by atoms with Crippen molar-refractivity contribution in [2.45, 2.75) is 50.6 Å². The molecule has 4 aliphatic carbocycles. The Morgan fingerprint density at radius 2 is 1.72 bits per heavy atom. The highest BCUT2D eigenvalue weighted by Crippen LogP contribution is 2.38. The number of hydrogen-bond acceptors (Lipinski definition) is 2. The fourth-order valence-corrected chi connectivity index (χ4v) is 7.19. The summed E-state index contributed by atoms with van der Waals surface area (Å²) < 4.78 is 2.59. The lowest BCUT2D eigenvalue weighted by Gasteiger charge is -2.28. The van der Waals surface area contributed by atoms with Crippen LogP contribution >= 0.6 is 0 Å². The van der Waals surface area contributed by atoms with Crippen molar-refractivity contribution in [1.29, 1.82) is 0 Å². The average Bonchev–Trinajstić information content (AvgIpc) is 3.43. The molecule has 0 saturated heterocycles. The van der Waals surface area contributed by atoms with Gasteiger partial charge in [0, 0.05) is 33.8 Å². The lowest BCUT2D eigenvalue weighted by Crippen LogP contribution is -2.34. The molecule has 3 unspecified atom stereocenters. The van der Waals surface area contributed by atoms with E-state index in [9.17, 15) is 0 Å². The van der Waals surface area contributed by atoms with Crippen molar-refractivity contribution >= 4 is 34.1 Å². The second kappa shape index (κ2) is 11.2. The second-order valence-corrected chi connectivity index (χ2v) is 12.1. The maximum Gasteiger partial charge on any atom is 0.109 e. The van der Waals surface area contributed by atoms with Crippen LogP contribution in [0.3, 0.4) is 0 Å². The number of hydrogen-bond donors (Lipinski definition) is 1. The average molecular weight is 560 g/mol. The van der Waals surface area contributed by atoms with Crippen LogP contribution in [0.2, 0.25) is 0 Å². The van der Waals surface area contributed by atoms with Gasteiger partial charge in [0.15, 0.2) is 0 Å². The van der Waals surface area contributed by atoms with E-state index in [-0.39, 0.29) is 12.0 Å². The molecular weight excluding hydrogens is 522 g/mol. The van der Waals surface area contributed by atoms with Crippen LogP contribution in [0.4, 0.5) is 0 Å². The molecule has 3 heteroatoms. The number of aromatic nitrogens is 1. The molecule has 0 saturated carbocycles. The predicted molar refractivity (Wildman–Crippen MR) is 182 cm³/mol. The molecule has 212 valence electrons. The first-order chi connectivity index (χ1) is 21.3. The van der Waals surface area contributed by atoms with E-state index in [0.717, 1.165) is 50.1 Å². The Morgan fingerprint density at radius 3 is 2.58 bits per heavy atom. The third kappa shape index (κ3) is 4.93. The molecule has 1 aliphatic heterocycles. The van der Waals surface area contributed by atoms with Gasteiger partial charge in [0.1, 0.15) is 5.84 Å². The molecule has 2 aromatic carbocycles. The first-order valence-corrected chi connectivity index (χ1v) is 15.9. The Kier molecular flexibility index (Phi) is 6.79. The molecule has 8 rings (SSSR count). The summed E-state index contributed by atoms with van der Waals surface area (Å²) in [6.45, 7) is 0. The molecule has 3 nitrogen and oxygen atoms in total. The molecule has 0 fully saturated rings. The van der Waals surface area contributed by atoms with Crippen molar-refractivity contribution in [2.75, 3.05) is 0 Å². The third-order valence-corrected chi connectivity index (χ3v) is 9.37. The van der Waals surface area contributed by atoms with E-state index in [4.69, 9.17) is 4.99 Å². The summed E-state index contributed by atoms with van der Waals surface area (Å²) in [5, 5.41) is 5.11. The third-order valence-electron chi connectivity index (χ3n) is 9.37. The van der Waals surface area contributed by atoms with Gasteiger partial charge in [-0.3, -0.25) is 4.99 Å². The highest BCUT2D eigenvalue weighted by molar-refractivity contribution is 5.96. The van der Waals surface area contributed by atoms with Gasteiger partial charge >= 0.3 is 0 Å². The highest BCUT2D eigenvalue weighted by Gasteiger charge is 2.25. The van der Waals surface area contributed by atoms with Crippen LogP contribution in [-0.2, 0) is 6.42 Å². The van der Waals surface area contributed by atoms with Crippen LogP contribution in [0, 0.1) is 5.92 Å². The second-order valence-electron chi connectivity index (χ2n) is 12.1. The zero-order chi connectivity index (χ0) is 28.6. The number of aliphatic imine (C=N–C) groups is 1. The zero-order valence-electron chi connectivity index (χ0n) is 24.5. The van der Waals surface area contributed by atoms with Crippen LogP contribution in [0.5, 0.6) is 0 Å². The van der Waals surface area contributed by atoms with Crippen LogP contribution in [0.25, 0.3) is 28.2 Å². The van der Waals surface area contributed by atoms with Crippen LogP contribution in [0.15, 0.2) is 132 Å². The number of benzene rings is 2. The maximum atomic E-state index is 5.20. The lowest BCUT2D eigenvalue weighted by atomic mass is 9.92. The van der Waals surface area contributed by atoms with E-state index in [1.165, 1.54) is 44.4 Å². The van der Waals surface area contributed by atoms with Crippen molar-refractivity contribution in [3.63, 3.8) is 0 Å². The van der Waals surface area contributed by atoms with Gasteiger partial charge in [-0.2, -0.15) is 0 Å². The van der Waals surface area contributed by atoms with Crippen molar-refractivity contribution in [1.82, 2.24) is 9.88 Å². The van der Waals surface area contributed by atoms with Crippen LogP contribution in [-0.4, -0.2) is 16.4 Å². The number of nitrogens with one attached hydrogen (secondary N) is 1. The Hall–Kier alpha value is -4.63. The molecule has 3 atom stereocenters. The molecular formula is C40H37N3. The van der Waals surface area contributed by atoms with Crippen molar-refractivity contribution in [3.05, 3.63) is 149 Å². The number of rotatable bonds is 5. The number of para-hydroxylation sites is 1. The molecule has 0 amide bonds. The molecule has 0 bridgehead atoms. The standard InChI is InChI=1S/C40H37N3/c1-3-12-29(13-4-1)36-27-37(42-40(41-36)30-14-5-2-6-15-30)32-17-11-16-31(26-32)28-22-24-33(25-23-28)43-38-20-9-7-18-34(38)35-19-8-10-21-39(35)43/h2-3,5-9,11-14,16-20,22-24,26-27,30,33,36H,1,4,10,15,21,25H2,(H,41,42). The quantitative estimate of drug-likeness (QED) is 0.332. The Bertz CT molecular complexity index is 1860. The Labute approximate surface area is 254 Å². The zero-order valence-corrected chi connectivity index (χ0v) is 24.5. The van der Waals surface area contributed by atoms with Gasteiger partial charge in [0.05, 0.1) is 12.1 Å². The lowest BCUT2D eigenvalue weighted by molar-refractivity contribution is 0.600. The topological polar surface area (TPSA) is 29.3 Å². The summed E-state index contributed by atoms with van der Waals surface area (Å²) in [6.07, 6.45) is 36.2. The summed E-state index contributed by atoms with van der Waals surface area (Å²) in [7, 11) is 0. The first kappa shape index (κ1) is 26.0. The van der Waals surface area contributed by atoms with E-state index in [1.807, 2.05) is 0 Å². The van der Waals surface area contributed by atoms with Gasteiger partial charge in [-0.15, -0.1) is 0 Å². The van der Waals surface area contributed by atoms with E-state index in [1.54, 1.807) is 0 Å². The van der Waals surface area contributed by atoms with E-state index >= 15 is 0 Å². The monoisotopic (exact) mass is 559 g/mol. The van der Waals surface area contributed by atoms with Gasteiger partial charge in [-0.05, 0) is 79.0 Å². The van der Waals surface area contributed by atoms with Crippen molar-refractivity contribution < 1.29 is 0 Å². The maximum absolute atomic E-state index is 5.20. The van der Waals surface area contributed by atoms with Gasteiger partial charge in [-0.25, -0.2) is 0 Å². The molecule has 3 aromatic rings. The van der Waals surface area contributed by atoms with Crippen LogP contribution < -0.4 is 5.32 Å². The van der Waals surface area contributed by atoms with Crippen molar-refractivity contribution in [3.8, 4) is 0 Å². The number of nitrogens with zero attached hydrogens (tertiary/aromatic N) is 2. The molecule has 43 heavy (non-hydrogen) atoms. The minimum atomic E-state index is 0.0393. The summed E-state index contributed by atoms with van der Waals surface area (Å²) in [4.78, 5) is 5.20. The fourth-order valence-electron chi connectivity index (χ4n) is 7.19. The fraction of sp³-hybridized carbons (Fsp3) is 0.225.